The van der Waals surface area contributed by atoms with Crippen molar-refractivity contribution in [1.29, 1.82) is 0 Å². The lowest BCUT2D eigenvalue weighted by Crippen LogP contribution is -2.35. The SMILES string of the molecule is O=C(NC(=O)c1c(F)cccc1F)Nc1ccc(S(=O)C(F)(F)C(F)Cl)cc1F. The number of alkyl halides is 4. The van der Waals surface area contributed by atoms with E-state index in [1.807, 2.05) is 0 Å². The lowest BCUT2D eigenvalue weighted by Gasteiger charge is -2.16. The molecule has 156 valence electrons. The second-order valence-electron chi connectivity index (χ2n) is 5.28. The van der Waals surface area contributed by atoms with Gasteiger partial charge in [-0.3, -0.25) is 10.1 Å². The van der Waals surface area contributed by atoms with Crippen molar-refractivity contribution in [3.63, 3.8) is 0 Å². The number of anilines is 1. The first kappa shape index (κ1) is 22.7. The number of amides is 3. The molecule has 0 spiro atoms. The summed E-state index contributed by atoms with van der Waals surface area (Å²) in [4.78, 5) is 22.7. The second-order valence-corrected chi connectivity index (χ2v) is 7.21. The van der Waals surface area contributed by atoms with Crippen LogP contribution in [0.3, 0.4) is 0 Å². The monoisotopic (exact) mass is 458 g/mol. The maximum atomic E-state index is 14.0. The summed E-state index contributed by atoms with van der Waals surface area (Å²) in [6, 6.07) is 2.85. The lowest BCUT2D eigenvalue weighted by atomic mass is 10.2. The molecule has 5 nitrogen and oxygen atoms in total. The fourth-order valence-corrected chi connectivity index (χ4v) is 3.11. The largest absolute Gasteiger partial charge is 0.369 e. The molecule has 0 aromatic heterocycles. The highest BCUT2D eigenvalue weighted by Gasteiger charge is 2.46. The Kier molecular flexibility index (Phi) is 6.90. The minimum atomic E-state index is -4.50. The number of carbonyl (C=O) groups is 2. The van der Waals surface area contributed by atoms with Gasteiger partial charge in [0.15, 0.2) is 0 Å². The molecule has 2 aromatic rings. The van der Waals surface area contributed by atoms with Crippen LogP contribution in [-0.2, 0) is 10.8 Å². The summed E-state index contributed by atoms with van der Waals surface area (Å²) in [6.45, 7) is 0. The van der Waals surface area contributed by atoms with Crippen LogP contribution in [0.15, 0.2) is 41.3 Å². The van der Waals surface area contributed by atoms with Crippen LogP contribution in [0.1, 0.15) is 10.4 Å². The average molecular weight is 459 g/mol. The molecule has 0 fully saturated rings. The van der Waals surface area contributed by atoms with E-state index in [1.54, 1.807) is 10.6 Å². The van der Waals surface area contributed by atoms with Crippen LogP contribution in [0.25, 0.3) is 0 Å². The summed E-state index contributed by atoms with van der Waals surface area (Å²) in [5.41, 5.74) is -5.01. The zero-order valence-corrected chi connectivity index (χ0v) is 15.4. The number of imide groups is 1. The molecular weight excluding hydrogens is 450 g/mol. The van der Waals surface area contributed by atoms with Crippen molar-refractivity contribution in [3.8, 4) is 0 Å². The summed E-state index contributed by atoms with van der Waals surface area (Å²) in [7, 11) is -3.34. The Labute approximate surface area is 166 Å². The number of rotatable bonds is 5. The first-order chi connectivity index (χ1) is 13.4. The van der Waals surface area contributed by atoms with Crippen molar-refractivity contribution in [2.45, 2.75) is 15.8 Å². The van der Waals surface area contributed by atoms with Gasteiger partial charge in [0.25, 0.3) is 5.91 Å². The van der Waals surface area contributed by atoms with Gasteiger partial charge in [0.05, 0.1) is 5.69 Å². The lowest BCUT2D eigenvalue weighted by molar-refractivity contribution is 0.0479. The molecule has 0 radical (unpaired) electrons. The summed E-state index contributed by atoms with van der Waals surface area (Å²) in [5.74, 6) is -5.33. The normalized spacial score (nSPS) is 13.5. The van der Waals surface area contributed by atoms with E-state index in [0.29, 0.717) is 18.2 Å². The molecule has 2 atom stereocenters. The highest BCUT2D eigenvalue weighted by Crippen LogP contribution is 2.33. The molecule has 0 aliphatic heterocycles. The first-order valence-electron chi connectivity index (χ1n) is 7.39. The molecule has 2 aromatic carbocycles. The zero-order chi connectivity index (χ0) is 21.9. The van der Waals surface area contributed by atoms with Gasteiger partial charge in [-0.05, 0) is 30.3 Å². The molecule has 0 saturated carbocycles. The first-order valence-corrected chi connectivity index (χ1v) is 8.97. The summed E-state index contributed by atoms with van der Waals surface area (Å²) in [6.07, 6.45) is 0. The van der Waals surface area contributed by atoms with E-state index in [9.17, 15) is 40.1 Å². The topological polar surface area (TPSA) is 75.3 Å². The number of benzene rings is 2. The molecule has 0 saturated heterocycles. The predicted molar refractivity (Wildman–Crippen MR) is 91.3 cm³/mol. The number of hydrogen-bond donors (Lipinski definition) is 2. The Morgan fingerprint density at radius 2 is 1.62 bits per heavy atom. The van der Waals surface area contributed by atoms with Crippen LogP contribution < -0.4 is 10.6 Å². The van der Waals surface area contributed by atoms with Crippen LogP contribution >= 0.6 is 11.6 Å². The molecule has 29 heavy (non-hydrogen) atoms. The molecular formula is C16H9ClF6N2O3S. The number of halogens is 7. The maximum absolute atomic E-state index is 14.0. The van der Waals surface area contributed by atoms with Gasteiger partial charge in [0.2, 0.25) is 5.63 Å². The van der Waals surface area contributed by atoms with Crippen LogP contribution in [-0.4, -0.2) is 27.0 Å². The van der Waals surface area contributed by atoms with Gasteiger partial charge in [0.1, 0.15) is 33.8 Å². The van der Waals surface area contributed by atoms with E-state index in [-0.39, 0.29) is 0 Å². The smallest absolute Gasteiger partial charge is 0.305 e. The van der Waals surface area contributed by atoms with E-state index >= 15 is 0 Å². The summed E-state index contributed by atoms with van der Waals surface area (Å²) in [5, 5.41) is -1.16. The molecule has 0 bridgehead atoms. The Balaban J connectivity index is 2.14. The Hall–Kier alpha value is -2.60. The molecule has 2 rings (SSSR count). The van der Waals surface area contributed by atoms with Gasteiger partial charge in [-0.1, -0.05) is 17.7 Å². The third-order valence-corrected chi connectivity index (χ3v) is 5.11. The van der Waals surface area contributed by atoms with Gasteiger partial charge in [-0.15, -0.1) is 0 Å². The molecule has 0 heterocycles. The van der Waals surface area contributed by atoms with E-state index in [2.05, 4.69) is 11.6 Å². The fourth-order valence-electron chi connectivity index (χ4n) is 1.98. The van der Waals surface area contributed by atoms with Gasteiger partial charge < -0.3 is 5.32 Å². The van der Waals surface area contributed by atoms with Crippen molar-refractivity contribution in [2.24, 2.45) is 0 Å². The predicted octanol–water partition coefficient (Wildman–Crippen LogP) is 4.30. The van der Waals surface area contributed by atoms with Gasteiger partial charge >= 0.3 is 11.3 Å². The van der Waals surface area contributed by atoms with Crippen molar-refractivity contribution in [2.75, 3.05) is 5.32 Å². The zero-order valence-electron chi connectivity index (χ0n) is 13.8. The molecule has 0 aliphatic rings. The van der Waals surface area contributed by atoms with Gasteiger partial charge in [-0.2, -0.15) is 8.78 Å². The second kappa shape index (κ2) is 8.82. The highest BCUT2D eigenvalue weighted by molar-refractivity contribution is 7.86. The number of urea groups is 1. The highest BCUT2D eigenvalue weighted by atomic mass is 35.5. The van der Waals surface area contributed by atoms with Crippen molar-refractivity contribution < 1.29 is 40.1 Å². The molecule has 2 N–H and O–H groups in total. The van der Waals surface area contributed by atoms with E-state index in [1.165, 1.54) is 0 Å². The molecule has 0 aliphatic carbocycles. The van der Waals surface area contributed by atoms with Crippen LogP contribution in [0.2, 0.25) is 0 Å². The maximum Gasteiger partial charge on any atom is 0.369 e. The third kappa shape index (κ3) is 5.07. The third-order valence-electron chi connectivity index (χ3n) is 3.32. The minimum absolute atomic E-state index is 0.331. The molecule has 2 unspecified atom stereocenters. The van der Waals surface area contributed by atoms with Crippen LogP contribution in [0.4, 0.5) is 36.8 Å². The van der Waals surface area contributed by atoms with E-state index in [0.717, 1.165) is 18.2 Å². The van der Waals surface area contributed by atoms with Crippen LogP contribution in [0, 0.1) is 17.5 Å². The van der Waals surface area contributed by atoms with Crippen molar-refractivity contribution in [3.05, 3.63) is 59.4 Å². The fraction of sp³-hybridized carbons (Fsp3) is 0.125. The van der Waals surface area contributed by atoms with Gasteiger partial charge in [-0.25, -0.2) is 26.6 Å². The molecule has 3 amide bonds. The van der Waals surface area contributed by atoms with E-state index in [4.69, 9.17) is 0 Å². The van der Waals surface area contributed by atoms with E-state index < -0.39 is 67.2 Å². The van der Waals surface area contributed by atoms with Gasteiger partial charge in [0, 0.05) is 4.90 Å². The Morgan fingerprint density at radius 3 is 2.14 bits per heavy atom. The Bertz CT molecular complexity index is 969. The summed E-state index contributed by atoms with van der Waals surface area (Å²) >= 11 is 4.62. The Morgan fingerprint density at radius 1 is 1.03 bits per heavy atom. The van der Waals surface area contributed by atoms with Crippen LogP contribution in [0.5, 0.6) is 0 Å². The van der Waals surface area contributed by atoms with Crippen molar-refractivity contribution in [1.82, 2.24) is 5.32 Å². The standard InChI is InChI=1S/C16H9ClF6N2O3S/c17-14(21)16(22,23)29(28)7-4-5-11(10(20)6-7)24-15(27)25-13(26)12-8(18)2-1-3-9(12)19/h1-6,14H,(H2,24,25,26,27). The quantitative estimate of drug-likeness (QED) is 0.518. The number of nitrogens with one attached hydrogen (secondary N) is 2. The molecule has 13 heteroatoms. The average Bonchev–Trinajstić information content (AvgIpc) is 2.62. The number of carbonyl (C=O) groups excluding carboxylic acids is 2. The summed E-state index contributed by atoms with van der Waals surface area (Å²) < 4.78 is 91.9. The van der Waals surface area contributed by atoms with Crippen molar-refractivity contribution >= 4 is 40.0 Å². The number of hydrogen-bond acceptors (Lipinski definition) is 3. The minimum Gasteiger partial charge on any atom is -0.305 e.